The van der Waals surface area contributed by atoms with Crippen molar-refractivity contribution in [2.24, 2.45) is 0 Å². The molecule has 29 heavy (non-hydrogen) atoms. The van der Waals surface area contributed by atoms with E-state index in [4.69, 9.17) is 9.47 Å². The van der Waals surface area contributed by atoms with Crippen LogP contribution in [0.15, 0.2) is 42.5 Å². The number of benzene rings is 2. The zero-order valence-corrected chi connectivity index (χ0v) is 16.3. The summed E-state index contributed by atoms with van der Waals surface area (Å²) in [5.74, 6) is 0.620. The Hall–Kier alpha value is -2.23. The highest BCUT2D eigenvalue weighted by molar-refractivity contribution is 8.14. The number of aliphatic hydroxyl groups excluding tert-OH is 1. The van der Waals surface area contributed by atoms with Crippen LogP contribution in [0.2, 0.25) is 0 Å². The van der Waals surface area contributed by atoms with Gasteiger partial charge in [0, 0.05) is 5.56 Å². The van der Waals surface area contributed by atoms with Crippen molar-refractivity contribution in [2.45, 2.75) is 37.3 Å². The van der Waals surface area contributed by atoms with Gasteiger partial charge in [0.1, 0.15) is 12.0 Å². The molecular formula is C20H20F3NO4S. The van der Waals surface area contributed by atoms with Gasteiger partial charge in [0.15, 0.2) is 0 Å². The van der Waals surface area contributed by atoms with Crippen LogP contribution >= 0.6 is 11.8 Å². The molecule has 1 aliphatic heterocycles. The molecule has 2 N–H and O–H groups in total. The molecule has 0 saturated carbocycles. The molecule has 9 heteroatoms. The van der Waals surface area contributed by atoms with Gasteiger partial charge in [-0.1, -0.05) is 30.0 Å². The second kappa shape index (κ2) is 9.06. The minimum absolute atomic E-state index is 0.154. The fourth-order valence-corrected chi connectivity index (χ4v) is 3.91. The summed E-state index contributed by atoms with van der Waals surface area (Å²) in [4.78, 5) is 11.4. The van der Waals surface area contributed by atoms with E-state index in [-0.39, 0.29) is 23.7 Å². The van der Waals surface area contributed by atoms with Crippen molar-refractivity contribution in [3.8, 4) is 5.75 Å². The summed E-state index contributed by atoms with van der Waals surface area (Å²) in [6.07, 6.45) is -4.77. The van der Waals surface area contributed by atoms with Crippen LogP contribution in [0.25, 0.3) is 0 Å². The van der Waals surface area contributed by atoms with Crippen molar-refractivity contribution < 1.29 is 32.5 Å². The van der Waals surface area contributed by atoms with Crippen molar-refractivity contribution in [3.05, 3.63) is 64.7 Å². The molecule has 2 aromatic rings. The number of amides is 1. The van der Waals surface area contributed by atoms with E-state index in [1.54, 1.807) is 6.07 Å². The number of hydrogen-bond donors (Lipinski definition) is 2. The summed E-state index contributed by atoms with van der Waals surface area (Å²) in [5.41, 5.74) is 1.61. The van der Waals surface area contributed by atoms with Gasteiger partial charge >= 0.3 is 6.18 Å². The molecule has 156 valence electrons. The first-order chi connectivity index (χ1) is 13.8. The van der Waals surface area contributed by atoms with Gasteiger partial charge in [0.2, 0.25) is 0 Å². The van der Waals surface area contributed by atoms with Crippen molar-refractivity contribution in [3.63, 3.8) is 0 Å². The van der Waals surface area contributed by atoms with Crippen LogP contribution in [0.5, 0.6) is 5.75 Å². The average Bonchev–Trinajstić information content (AvgIpc) is 2.98. The summed E-state index contributed by atoms with van der Waals surface area (Å²) in [6, 6.07) is 10.3. The Balaban J connectivity index is 1.61. The third-order valence-corrected chi connectivity index (χ3v) is 5.52. The summed E-state index contributed by atoms with van der Waals surface area (Å²) < 4.78 is 48.9. The minimum Gasteiger partial charge on any atom is -0.496 e. The maximum absolute atomic E-state index is 12.6. The zero-order valence-electron chi connectivity index (χ0n) is 15.5. The largest absolute Gasteiger partial charge is 0.496 e. The van der Waals surface area contributed by atoms with Crippen molar-refractivity contribution >= 4 is 17.0 Å². The van der Waals surface area contributed by atoms with Gasteiger partial charge in [-0.15, -0.1) is 0 Å². The first-order valence-electron chi connectivity index (χ1n) is 8.81. The van der Waals surface area contributed by atoms with Gasteiger partial charge in [-0.3, -0.25) is 4.79 Å². The first kappa shape index (κ1) is 21.5. The summed E-state index contributed by atoms with van der Waals surface area (Å²) >= 11 is 1.06. The quantitative estimate of drug-likeness (QED) is 0.696. The third-order valence-electron chi connectivity index (χ3n) is 4.47. The monoisotopic (exact) mass is 427 g/mol. The lowest BCUT2D eigenvalue weighted by Crippen LogP contribution is -2.31. The smallest absolute Gasteiger partial charge is 0.416 e. The number of methoxy groups -OCH3 is 1. The molecular weight excluding hydrogens is 407 g/mol. The fraction of sp³-hybridized carbons (Fsp3) is 0.350. The predicted octanol–water partition coefficient (Wildman–Crippen LogP) is 4.12. The Labute approximate surface area is 170 Å². The molecule has 5 nitrogen and oxygen atoms in total. The van der Waals surface area contributed by atoms with Gasteiger partial charge in [-0.05, 0) is 41.8 Å². The number of carbonyl (C=O) groups excluding carboxylic acids is 1. The summed E-state index contributed by atoms with van der Waals surface area (Å²) in [7, 11) is 1.54. The highest BCUT2D eigenvalue weighted by Gasteiger charge is 2.32. The van der Waals surface area contributed by atoms with Crippen LogP contribution in [0.3, 0.4) is 0 Å². The Morgan fingerprint density at radius 3 is 2.38 bits per heavy atom. The van der Waals surface area contributed by atoms with Crippen molar-refractivity contribution in [1.29, 1.82) is 0 Å². The van der Waals surface area contributed by atoms with Crippen LogP contribution in [-0.2, 0) is 30.5 Å². The number of thioether (sulfide) groups is 1. The van der Waals surface area contributed by atoms with Gasteiger partial charge in [-0.2, -0.15) is 13.2 Å². The molecule has 0 spiro atoms. The van der Waals surface area contributed by atoms with Gasteiger partial charge < -0.3 is 19.9 Å². The van der Waals surface area contributed by atoms with E-state index in [1.165, 1.54) is 19.2 Å². The topological polar surface area (TPSA) is 67.8 Å². The van der Waals surface area contributed by atoms with E-state index in [2.05, 4.69) is 5.32 Å². The molecule has 1 saturated heterocycles. The average molecular weight is 427 g/mol. The molecule has 2 unspecified atom stereocenters. The molecule has 3 rings (SSSR count). The number of rotatable bonds is 7. The number of carbonyl (C=O) groups is 1. The van der Waals surface area contributed by atoms with Crippen LogP contribution in [0.1, 0.15) is 22.3 Å². The number of halogens is 3. The van der Waals surface area contributed by atoms with Crippen LogP contribution in [0.4, 0.5) is 18.0 Å². The van der Waals surface area contributed by atoms with E-state index < -0.39 is 18.0 Å². The minimum atomic E-state index is -4.36. The summed E-state index contributed by atoms with van der Waals surface area (Å²) in [5, 5.41) is 11.8. The Kier molecular flexibility index (Phi) is 6.71. The maximum Gasteiger partial charge on any atom is 0.416 e. The Bertz CT molecular complexity index is 858. The van der Waals surface area contributed by atoms with E-state index in [0.717, 1.165) is 35.0 Å². The molecule has 0 aliphatic carbocycles. The van der Waals surface area contributed by atoms with Crippen molar-refractivity contribution in [2.75, 3.05) is 7.11 Å². The highest BCUT2D eigenvalue weighted by Crippen LogP contribution is 2.30. The molecule has 2 aromatic carbocycles. The summed E-state index contributed by atoms with van der Waals surface area (Å²) in [6.45, 7) is 0.358. The lowest BCUT2D eigenvalue weighted by Gasteiger charge is -2.15. The second-order valence-corrected chi connectivity index (χ2v) is 7.78. The van der Waals surface area contributed by atoms with E-state index in [9.17, 15) is 23.1 Å². The van der Waals surface area contributed by atoms with Gasteiger partial charge in [-0.25, -0.2) is 0 Å². The molecule has 0 bridgehead atoms. The number of hydrogen-bond acceptors (Lipinski definition) is 5. The normalized spacial score (nSPS) is 19.3. The zero-order chi connectivity index (χ0) is 21.0. The number of nitrogens with one attached hydrogen (secondary N) is 1. The molecule has 0 radical (unpaired) electrons. The Morgan fingerprint density at radius 2 is 1.79 bits per heavy atom. The van der Waals surface area contributed by atoms with E-state index in [1.807, 2.05) is 12.1 Å². The second-order valence-electron chi connectivity index (χ2n) is 6.57. The number of alkyl halides is 3. The van der Waals surface area contributed by atoms with E-state index in [0.29, 0.717) is 17.7 Å². The lowest BCUT2D eigenvalue weighted by molar-refractivity contribution is -0.137. The predicted molar refractivity (Wildman–Crippen MR) is 103 cm³/mol. The highest BCUT2D eigenvalue weighted by atomic mass is 32.2. The lowest BCUT2D eigenvalue weighted by atomic mass is 10.0. The number of ether oxygens (including phenoxy) is 2. The van der Waals surface area contributed by atoms with Crippen LogP contribution < -0.4 is 10.1 Å². The first-order valence-corrected chi connectivity index (χ1v) is 9.69. The molecule has 1 heterocycles. The molecule has 1 amide bonds. The maximum atomic E-state index is 12.6. The van der Waals surface area contributed by atoms with Crippen LogP contribution in [-0.4, -0.2) is 28.9 Å². The molecule has 1 aliphatic rings. The third kappa shape index (κ3) is 5.65. The van der Waals surface area contributed by atoms with Crippen LogP contribution in [0, 0.1) is 0 Å². The molecule has 0 aromatic heterocycles. The number of aliphatic hydroxyl groups is 1. The SMILES string of the molecule is COc1ccc(CC2SC(=O)NC2O)cc1COCc1ccc(C(F)(F)F)cc1. The molecule has 2 atom stereocenters. The standard InChI is InChI=1S/C20H20F3NO4S/c1-27-16-7-4-13(9-17-18(25)24-19(26)29-17)8-14(16)11-28-10-12-2-5-15(6-3-12)20(21,22)23/h2-8,17-18,25H,9-11H2,1H3,(H,24,26). The van der Waals surface area contributed by atoms with E-state index >= 15 is 0 Å². The van der Waals surface area contributed by atoms with Gasteiger partial charge in [0.25, 0.3) is 5.24 Å². The van der Waals surface area contributed by atoms with Crippen molar-refractivity contribution in [1.82, 2.24) is 5.32 Å². The molecule has 1 fully saturated rings. The fourth-order valence-electron chi connectivity index (χ4n) is 2.98. The van der Waals surface area contributed by atoms with Gasteiger partial charge in [0.05, 0.1) is 31.1 Å². The Morgan fingerprint density at radius 1 is 1.10 bits per heavy atom.